The van der Waals surface area contributed by atoms with E-state index >= 15 is 0 Å². The zero-order valence-corrected chi connectivity index (χ0v) is 18.6. The first-order valence-corrected chi connectivity index (χ1v) is 11.3. The van der Waals surface area contributed by atoms with Crippen LogP contribution in [0, 0.1) is 5.41 Å². The summed E-state index contributed by atoms with van der Waals surface area (Å²) in [5, 5.41) is 23.0. The third-order valence-corrected chi connectivity index (χ3v) is 6.06. The van der Waals surface area contributed by atoms with Crippen LogP contribution in [0.3, 0.4) is 0 Å². The van der Waals surface area contributed by atoms with Crippen molar-refractivity contribution >= 4 is 40.9 Å². The Morgan fingerprint density at radius 3 is 2.42 bits per heavy atom. The minimum atomic E-state index is -1.04. The Morgan fingerprint density at radius 2 is 1.82 bits per heavy atom. The molecule has 10 nitrogen and oxygen atoms in total. The summed E-state index contributed by atoms with van der Waals surface area (Å²) in [6.45, 7) is 1.15. The van der Waals surface area contributed by atoms with Gasteiger partial charge in [0.05, 0.1) is 12.5 Å². The number of benzene rings is 1. The van der Waals surface area contributed by atoms with Crippen LogP contribution in [-0.2, 0) is 14.4 Å². The lowest BCUT2D eigenvalue weighted by atomic mass is 10.0. The highest BCUT2D eigenvalue weighted by atomic mass is 32.1. The van der Waals surface area contributed by atoms with E-state index in [4.69, 9.17) is 11.1 Å². The molecule has 11 heteroatoms. The van der Waals surface area contributed by atoms with Gasteiger partial charge in [0.15, 0.2) is 0 Å². The fraction of sp³-hybridized carbons (Fsp3) is 0.318. The molecule has 2 aromatic rings. The topological polar surface area (TPSA) is 157 Å². The highest BCUT2D eigenvalue weighted by molar-refractivity contribution is 7.08. The summed E-state index contributed by atoms with van der Waals surface area (Å²) in [5.41, 5.74) is 7.06. The third-order valence-electron chi connectivity index (χ3n) is 5.36. The van der Waals surface area contributed by atoms with Gasteiger partial charge in [0.1, 0.15) is 5.84 Å². The monoisotopic (exact) mass is 471 g/mol. The number of carbonyl (C=O) groups excluding carboxylic acids is 3. The summed E-state index contributed by atoms with van der Waals surface area (Å²) in [6, 6.07) is 7.42. The van der Waals surface area contributed by atoms with Crippen LogP contribution in [0.2, 0.25) is 0 Å². The van der Waals surface area contributed by atoms with Crippen molar-refractivity contribution in [2.45, 2.75) is 18.9 Å². The van der Waals surface area contributed by atoms with Gasteiger partial charge >= 0.3 is 17.8 Å². The molecule has 5 N–H and O–H groups in total. The van der Waals surface area contributed by atoms with Gasteiger partial charge < -0.3 is 26.0 Å². The molecule has 1 aromatic heterocycles. The Morgan fingerprint density at radius 1 is 1.12 bits per heavy atom. The van der Waals surface area contributed by atoms with Gasteiger partial charge in [0, 0.05) is 37.3 Å². The number of carboxylic acid groups (broad SMARTS) is 1. The molecule has 174 valence electrons. The molecule has 1 unspecified atom stereocenters. The number of amidine groups is 1. The number of carbonyl (C=O) groups is 4. The van der Waals surface area contributed by atoms with Gasteiger partial charge in [-0.2, -0.15) is 11.3 Å². The van der Waals surface area contributed by atoms with E-state index in [0.717, 1.165) is 0 Å². The van der Waals surface area contributed by atoms with Gasteiger partial charge in [0.25, 0.3) is 5.91 Å². The van der Waals surface area contributed by atoms with Crippen LogP contribution < -0.4 is 11.1 Å². The van der Waals surface area contributed by atoms with Crippen LogP contribution in [-0.4, -0.2) is 70.6 Å². The molecule has 1 aliphatic heterocycles. The number of thiophene rings is 1. The van der Waals surface area contributed by atoms with Crippen molar-refractivity contribution in [3.8, 4) is 0 Å². The Kier molecular flexibility index (Phi) is 7.78. The highest BCUT2D eigenvalue weighted by Gasteiger charge is 2.37. The number of hydrogen-bond donors (Lipinski definition) is 4. The largest absolute Gasteiger partial charge is 0.481 e. The Labute approximate surface area is 194 Å². The fourth-order valence-electron chi connectivity index (χ4n) is 3.61. The number of nitrogen functional groups attached to an aromatic ring is 1. The van der Waals surface area contributed by atoms with Gasteiger partial charge in [0.2, 0.25) is 0 Å². The molecule has 0 bridgehead atoms. The second-order valence-electron chi connectivity index (χ2n) is 7.56. The smallest absolute Gasteiger partial charge is 0.312 e. The second-order valence-corrected chi connectivity index (χ2v) is 8.34. The number of aliphatic carboxylic acids is 1. The predicted octanol–water partition coefficient (Wildman–Crippen LogP) is 1.04. The molecule has 3 amide bonds. The normalized spacial score (nSPS) is 14.8. The van der Waals surface area contributed by atoms with Crippen molar-refractivity contribution in [3.05, 3.63) is 57.8 Å². The van der Waals surface area contributed by atoms with Crippen molar-refractivity contribution in [1.29, 1.82) is 5.41 Å². The molecule has 1 atom stereocenters. The lowest BCUT2D eigenvalue weighted by Crippen LogP contribution is -2.55. The Hall–Kier alpha value is -3.73. The third kappa shape index (κ3) is 5.95. The lowest BCUT2D eigenvalue weighted by molar-refractivity contribution is -0.159. The van der Waals surface area contributed by atoms with Crippen molar-refractivity contribution in [3.63, 3.8) is 0 Å². The van der Waals surface area contributed by atoms with E-state index in [1.807, 2.05) is 0 Å². The van der Waals surface area contributed by atoms with Gasteiger partial charge in [-0.1, -0.05) is 12.1 Å². The van der Waals surface area contributed by atoms with Crippen molar-refractivity contribution in [2.75, 3.05) is 26.2 Å². The predicted molar refractivity (Wildman–Crippen MR) is 122 cm³/mol. The van der Waals surface area contributed by atoms with E-state index in [2.05, 4.69) is 5.32 Å². The molecule has 2 heterocycles. The summed E-state index contributed by atoms with van der Waals surface area (Å²) in [4.78, 5) is 51.6. The molecule has 1 saturated heterocycles. The van der Waals surface area contributed by atoms with Gasteiger partial charge in [-0.25, -0.2) is 0 Å². The lowest BCUT2D eigenvalue weighted by Gasteiger charge is -2.38. The molecule has 0 radical (unpaired) electrons. The van der Waals surface area contributed by atoms with Gasteiger partial charge in [-0.15, -0.1) is 0 Å². The number of rotatable bonds is 10. The minimum absolute atomic E-state index is 0.0779. The SMILES string of the molecule is N=C(N)c1ccc(C(=O)NCCCN2CCN(C(CC(=O)O)c3ccsc3)C(=O)C2=O)cc1. The molecular weight excluding hydrogens is 446 g/mol. The number of piperazine rings is 1. The highest BCUT2D eigenvalue weighted by Crippen LogP contribution is 2.28. The molecule has 1 aromatic carbocycles. The minimum Gasteiger partial charge on any atom is -0.481 e. The fourth-order valence-corrected chi connectivity index (χ4v) is 4.32. The van der Waals surface area contributed by atoms with E-state index in [1.165, 1.54) is 21.1 Å². The zero-order chi connectivity index (χ0) is 24.0. The number of nitrogens with one attached hydrogen (secondary N) is 2. The number of carboxylic acids is 1. The van der Waals surface area contributed by atoms with Crippen molar-refractivity contribution in [2.24, 2.45) is 5.73 Å². The van der Waals surface area contributed by atoms with Gasteiger partial charge in [-0.3, -0.25) is 24.6 Å². The molecule has 1 aliphatic rings. The molecule has 0 aliphatic carbocycles. The molecule has 1 fully saturated rings. The van der Waals surface area contributed by atoms with Crippen molar-refractivity contribution < 1.29 is 24.3 Å². The van der Waals surface area contributed by atoms with Crippen LogP contribution in [0.1, 0.15) is 40.4 Å². The van der Waals surface area contributed by atoms with E-state index in [9.17, 15) is 24.3 Å². The molecule has 0 saturated carbocycles. The molecule has 3 rings (SSSR count). The first-order chi connectivity index (χ1) is 15.8. The number of nitrogens with zero attached hydrogens (tertiary/aromatic N) is 2. The van der Waals surface area contributed by atoms with E-state index < -0.39 is 23.8 Å². The average molecular weight is 472 g/mol. The molecule has 0 spiro atoms. The number of amides is 3. The van der Waals surface area contributed by atoms with Gasteiger partial charge in [-0.05, 0) is 40.9 Å². The van der Waals surface area contributed by atoms with E-state index in [0.29, 0.717) is 42.7 Å². The van der Waals surface area contributed by atoms with Crippen LogP contribution in [0.5, 0.6) is 0 Å². The van der Waals surface area contributed by atoms with E-state index in [-0.39, 0.29) is 24.7 Å². The maximum Gasteiger partial charge on any atom is 0.312 e. The van der Waals surface area contributed by atoms with E-state index in [1.54, 1.807) is 41.1 Å². The quantitative estimate of drug-likeness (QED) is 0.175. The van der Waals surface area contributed by atoms with Crippen LogP contribution in [0.4, 0.5) is 0 Å². The molecular formula is C22H25N5O5S. The first-order valence-electron chi connectivity index (χ1n) is 10.3. The second kappa shape index (κ2) is 10.7. The first kappa shape index (κ1) is 23.9. The maximum absolute atomic E-state index is 12.7. The Bertz CT molecular complexity index is 1040. The maximum atomic E-state index is 12.7. The molecule has 33 heavy (non-hydrogen) atoms. The zero-order valence-electron chi connectivity index (χ0n) is 17.8. The average Bonchev–Trinajstić information content (AvgIpc) is 3.32. The summed E-state index contributed by atoms with van der Waals surface area (Å²) in [7, 11) is 0. The standard InChI is InChI=1S/C22H25N5O5S/c23-19(24)14-2-4-15(5-3-14)20(30)25-7-1-8-26-9-10-27(22(32)21(26)31)17(12-18(28)29)16-6-11-33-13-16/h2-6,11,13,17H,1,7-10,12H2,(H3,23,24)(H,25,30)(H,28,29). The summed E-state index contributed by atoms with van der Waals surface area (Å²) < 4.78 is 0. The summed E-state index contributed by atoms with van der Waals surface area (Å²) in [5.74, 6) is -2.79. The number of hydrogen-bond acceptors (Lipinski definition) is 6. The van der Waals surface area contributed by atoms with Crippen LogP contribution >= 0.6 is 11.3 Å². The summed E-state index contributed by atoms with van der Waals surface area (Å²) in [6.07, 6.45) is 0.189. The van der Waals surface area contributed by atoms with Crippen LogP contribution in [0.15, 0.2) is 41.1 Å². The van der Waals surface area contributed by atoms with Crippen LogP contribution in [0.25, 0.3) is 0 Å². The number of nitrogens with two attached hydrogens (primary N) is 1. The Balaban J connectivity index is 1.50. The van der Waals surface area contributed by atoms with Crippen molar-refractivity contribution in [1.82, 2.24) is 15.1 Å². The summed E-state index contributed by atoms with van der Waals surface area (Å²) >= 11 is 1.40.